The molecule has 9 nitrogen and oxygen atoms in total. The molecule has 0 aromatic heterocycles. The third kappa shape index (κ3) is 4.60. The Balaban J connectivity index is 2.01. The van der Waals surface area contributed by atoms with Crippen molar-refractivity contribution < 1.29 is 15.0 Å². The van der Waals surface area contributed by atoms with E-state index in [4.69, 9.17) is 0 Å². The maximum Gasteiger partial charge on any atom is 0.301 e. The molecule has 0 aliphatic rings. The fraction of sp³-hybridized carbons (Fsp3) is 0.0500. The van der Waals surface area contributed by atoms with Gasteiger partial charge in [0.25, 0.3) is 5.69 Å². The number of aliphatic hydroxyl groups excluding tert-OH is 1. The van der Waals surface area contributed by atoms with Gasteiger partial charge < -0.3 is 5.11 Å². The summed E-state index contributed by atoms with van der Waals surface area (Å²) in [5, 5.41) is 37.2. The van der Waals surface area contributed by atoms with E-state index in [-0.39, 0.29) is 11.4 Å². The molecule has 3 rings (SSSR count). The van der Waals surface area contributed by atoms with Crippen LogP contribution in [0, 0.1) is 20.2 Å². The van der Waals surface area contributed by atoms with Gasteiger partial charge in [0.1, 0.15) is 17.5 Å². The predicted octanol–water partition coefficient (Wildman–Crippen LogP) is 4.05. The Hall–Kier alpha value is -4.11. The smallest absolute Gasteiger partial charge is 0.301 e. The third-order valence-corrected chi connectivity index (χ3v) is 4.13. The summed E-state index contributed by atoms with van der Waals surface area (Å²) >= 11 is 0. The summed E-state index contributed by atoms with van der Waals surface area (Å²) in [6.07, 6.45) is -1.09. The second-order valence-corrected chi connectivity index (χ2v) is 6.00. The van der Waals surface area contributed by atoms with Gasteiger partial charge in [0, 0.05) is 11.6 Å². The lowest BCUT2D eigenvalue weighted by Crippen LogP contribution is -2.15. The number of hydrogen-bond donors (Lipinski definition) is 2. The molecule has 1 atom stereocenters. The molecule has 29 heavy (non-hydrogen) atoms. The van der Waals surface area contributed by atoms with Crippen LogP contribution >= 0.6 is 0 Å². The molecule has 0 saturated heterocycles. The van der Waals surface area contributed by atoms with Gasteiger partial charge in [0.2, 0.25) is 0 Å². The normalized spacial score (nSPS) is 12.2. The molecular formula is C20H16N4O5. The fourth-order valence-electron chi connectivity index (χ4n) is 2.69. The molecule has 0 aliphatic carbocycles. The van der Waals surface area contributed by atoms with Crippen LogP contribution in [0.25, 0.3) is 0 Å². The summed E-state index contributed by atoms with van der Waals surface area (Å²) in [5.74, 6) is 0. The average molecular weight is 392 g/mol. The molecule has 0 aliphatic heterocycles. The van der Waals surface area contributed by atoms with E-state index < -0.39 is 27.3 Å². The van der Waals surface area contributed by atoms with Gasteiger partial charge in [-0.1, -0.05) is 60.7 Å². The highest BCUT2D eigenvalue weighted by molar-refractivity contribution is 6.04. The molecule has 0 bridgehead atoms. The lowest BCUT2D eigenvalue weighted by molar-refractivity contribution is -0.393. The molecule has 2 N–H and O–H groups in total. The molecule has 0 radical (unpaired) electrons. The van der Waals surface area contributed by atoms with Crippen molar-refractivity contribution in [3.8, 4) is 0 Å². The fourth-order valence-corrected chi connectivity index (χ4v) is 2.69. The number of nitro groups is 2. The molecule has 0 amide bonds. The largest absolute Gasteiger partial charge is 0.382 e. The number of nitrogens with one attached hydrogen (secondary N) is 1. The summed E-state index contributed by atoms with van der Waals surface area (Å²) in [5.41, 5.74) is 3.09. The number of benzene rings is 3. The zero-order valence-electron chi connectivity index (χ0n) is 15.0. The minimum atomic E-state index is -1.09. The zero-order valence-corrected chi connectivity index (χ0v) is 15.0. The van der Waals surface area contributed by atoms with Crippen LogP contribution in [0.5, 0.6) is 0 Å². The molecule has 9 heteroatoms. The van der Waals surface area contributed by atoms with E-state index in [1.807, 2.05) is 12.1 Å². The van der Waals surface area contributed by atoms with E-state index >= 15 is 0 Å². The number of anilines is 1. The SMILES string of the molecule is O=[N+]([O-])c1ccc(N/N=C(/c2ccccc2)C(O)c2ccccc2)c([N+](=O)[O-])c1. The Bertz CT molecular complexity index is 1050. The standard InChI is InChI=1S/C20H16N4O5/c25-20(15-9-5-2-6-10-15)19(14-7-3-1-4-8-14)22-21-17-12-11-16(23(26)27)13-18(17)24(28)29/h1-13,20-21,25H/b22-19-. The van der Waals surface area contributed by atoms with Gasteiger partial charge in [-0.05, 0) is 11.6 Å². The summed E-state index contributed by atoms with van der Waals surface area (Å²) in [4.78, 5) is 20.7. The highest BCUT2D eigenvalue weighted by Crippen LogP contribution is 2.29. The third-order valence-electron chi connectivity index (χ3n) is 4.13. The van der Waals surface area contributed by atoms with E-state index in [1.165, 1.54) is 6.07 Å². The van der Waals surface area contributed by atoms with E-state index in [1.54, 1.807) is 48.5 Å². The van der Waals surface area contributed by atoms with Crippen molar-refractivity contribution in [1.82, 2.24) is 0 Å². The van der Waals surface area contributed by atoms with Crippen molar-refractivity contribution in [1.29, 1.82) is 0 Å². The first kappa shape index (κ1) is 19.6. The summed E-state index contributed by atoms with van der Waals surface area (Å²) in [7, 11) is 0. The molecule has 1 unspecified atom stereocenters. The Morgan fingerprint density at radius 2 is 1.52 bits per heavy atom. The molecule has 3 aromatic rings. The summed E-state index contributed by atoms with van der Waals surface area (Å²) in [6, 6.07) is 20.9. The van der Waals surface area contributed by atoms with Gasteiger partial charge >= 0.3 is 5.69 Å². The molecule has 0 fully saturated rings. The van der Waals surface area contributed by atoms with Crippen LogP contribution in [0.4, 0.5) is 17.1 Å². The summed E-state index contributed by atoms with van der Waals surface area (Å²) < 4.78 is 0. The first-order chi connectivity index (χ1) is 14.0. The predicted molar refractivity (Wildman–Crippen MR) is 108 cm³/mol. The second kappa shape index (κ2) is 8.72. The van der Waals surface area contributed by atoms with Crippen LogP contribution in [0.2, 0.25) is 0 Å². The topological polar surface area (TPSA) is 131 Å². The quantitative estimate of drug-likeness (QED) is 0.354. The zero-order chi connectivity index (χ0) is 20.8. The Morgan fingerprint density at radius 3 is 2.10 bits per heavy atom. The van der Waals surface area contributed by atoms with Crippen LogP contribution < -0.4 is 5.43 Å². The van der Waals surface area contributed by atoms with Crippen molar-refractivity contribution in [3.63, 3.8) is 0 Å². The minimum absolute atomic E-state index is 0.0331. The van der Waals surface area contributed by atoms with Crippen molar-refractivity contribution in [2.75, 3.05) is 5.43 Å². The second-order valence-electron chi connectivity index (χ2n) is 6.00. The number of nitrogens with zero attached hydrogens (tertiary/aromatic N) is 3. The Labute approximate surface area is 165 Å². The van der Waals surface area contributed by atoms with Crippen LogP contribution in [-0.4, -0.2) is 20.7 Å². The minimum Gasteiger partial charge on any atom is -0.382 e. The number of aliphatic hydroxyl groups is 1. The van der Waals surface area contributed by atoms with Gasteiger partial charge in [-0.25, -0.2) is 0 Å². The number of rotatable bonds is 7. The van der Waals surface area contributed by atoms with E-state index in [9.17, 15) is 25.3 Å². The van der Waals surface area contributed by atoms with Gasteiger partial charge in [-0.3, -0.25) is 25.7 Å². The van der Waals surface area contributed by atoms with Gasteiger partial charge in [0.05, 0.1) is 15.9 Å². The van der Waals surface area contributed by atoms with E-state index in [0.29, 0.717) is 11.1 Å². The van der Waals surface area contributed by atoms with Crippen LogP contribution in [0.1, 0.15) is 17.2 Å². The van der Waals surface area contributed by atoms with Crippen molar-refractivity contribution in [2.45, 2.75) is 6.10 Å². The Morgan fingerprint density at radius 1 is 0.897 bits per heavy atom. The first-order valence-electron chi connectivity index (χ1n) is 8.52. The number of nitro benzene ring substituents is 2. The highest BCUT2D eigenvalue weighted by atomic mass is 16.6. The molecule has 0 spiro atoms. The first-order valence-corrected chi connectivity index (χ1v) is 8.52. The maximum atomic E-state index is 11.3. The van der Waals surface area contributed by atoms with Gasteiger partial charge in [0.15, 0.2) is 0 Å². The number of hydrogen-bond acceptors (Lipinski definition) is 7. The molecular weight excluding hydrogens is 376 g/mol. The van der Waals surface area contributed by atoms with Gasteiger partial charge in [-0.2, -0.15) is 5.10 Å². The Kier molecular flexibility index (Phi) is 5.91. The van der Waals surface area contributed by atoms with Crippen molar-refractivity contribution >= 4 is 22.8 Å². The lowest BCUT2D eigenvalue weighted by atomic mass is 9.99. The number of hydrazone groups is 1. The monoisotopic (exact) mass is 392 g/mol. The highest BCUT2D eigenvalue weighted by Gasteiger charge is 2.21. The molecule has 0 heterocycles. The van der Waals surface area contributed by atoms with Crippen LogP contribution in [0.3, 0.4) is 0 Å². The van der Waals surface area contributed by atoms with Crippen molar-refractivity contribution in [2.24, 2.45) is 5.10 Å². The maximum absolute atomic E-state index is 11.3. The molecule has 146 valence electrons. The van der Waals surface area contributed by atoms with Crippen LogP contribution in [-0.2, 0) is 0 Å². The molecule has 0 saturated carbocycles. The molecule has 3 aromatic carbocycles. The van der Waals surface area contributed by atoms with E-state index in [0.717, 1.165) is 12.1 Å². The number of non-ortho nitro benzene ring substituents is 1. The lowest BCUT2D eigenvalue weighted by Gasteiger charge is -2.15. The van der Waals surface area contributed by atoms with Gasteiger partial charge in [-0.15, -0.1) is 0 Å². The van der Waals surface area contributed by atoms with Crippen molar-refractivity contribution in [3.05, 3.63) is 110 Å². The van der Waals surface area contributed by atoms with Crippen LogP contribution in [0.15, 0.2) is 84.0 Å². The van der Waals surface area contributed by atoms with E-state index in [2.05, 4.69) is 10.5 Å². The average Bonchev–Trinajstić information content (AvgIpc) is 2.75. The summed E-state index contributed by atoms with van der Waals surface area (Å²) in [6.45, 7) is 0.